The first-order valence-electron chi connectivity index (χ1n) is 7.74. The molecule has 1 aromatic heterocycles. The van der Waals surface area contributed by atoms with Gasteiger partial charge in [0.15, 0.2) is 0 Å². The number of nitrogens with one attached hydrogen (secondary N) is 1. The van der Waals surface area contributed by atoms with Crippen LogP contribution in [0.4, 0.5) is 0 Å². The van der Waals surface area contributed by atoms with Crippen molar-refractivity contribution < 1.29 is 9.59 Å². The lowest BCUT2D eigenvalue weighted by Gasteiger charge is -2.25. The number of hydrogen-bond acceptors (Lipinski definition) is 3. The van der Waals surface area contributed by atoms with Gasteiger partial charge in [-0.1, -0.05) is 24.3 Å². The number of thiophene rings is 1. The molecule has 0 atom stereocenters. The predicted octanol–water partition coefficient (Wildman–Crippen LogP) is 2.89. The third-order valence-corrected chi connectivity index (χ3v) is 5.47. The zero-order chi connectivity index (χ0) is 16.4. The number of carbonyl (C=O) groups excluding carboxylic acids is 2. The van der Waals surface area contributed by atoms with E-state index >= 15 is 0 Å². The number of nitrogens with zero attached hydrogens (tertiary/aromatic N) is 1. The van der Waals surface area contributed by atoms with Crippen molar-refractivity contribution in [3.63, 3.8) is 0 Å². The summed E-state index contributed by atoms with van der Waals surface area (Å²) in [5, 5.41) is 2.99. The van der Waals surface area contributed by atoms with Gasteiger partial charge in [0, 0.05) is 31.4 Å². The molecule has 0 fully saturated rings. The van der Waals surface area contributed by atoms with Crippen molar-refractivity contribution in [2.24, 2.45) is 0 Å². The molecule has 1 N–H and O–H groups in total. The van der Waals surface area contributed by atoms with Gasteiger partial charge in [0.25, 0.3) is 5.91 Å². The zero-order valence-electron chi connectivity index (χ0n) is 13.4. The first kappa shape index (κ1) is 15.7. The average molecular weight is 328 g/mol. The molecule has 0 bridgehead atoms. The third-order valence-electron chi connectivity index (χ3n) is 4.24. The molecule has 0 aliphatic carbocycles. The van der Waals surface area contributed by atoms with Crippen molar-refractivity contribution >= 4 is 23.2 Å². The van der Waals surface area contributed by atoms with E-state index in [-0.39, 0.29) is 11.8 Å². The normalized spacial score (nSPS) is 13.6. The molecule has 23 heavy (non-hydrogen) atoms. The Kier molecular flexibility index (Phi) is 4.48. The average Bonchev–Trinajstić information content (AvgIpc) is 2.97. The zero-order valence-corrected chi connectivity index (χ0v) is 14.2. The molecule has 4 nitrogen and oxygen atoms in total. The van der Waals surface area contributed by atoms with E-state index in [1.165, 1.54) is 10.4 Å². The van der Waals surface area contributed by atoms with Crippen LogP contribution in [0.2, 0.25) is 0 Å². The monoisotopic (exact) mass is 328 g/mol. The van der Waals surface area contributed by atoms with E-state index in [0.29, 0.717) is 13.1 Å². The van der Waals surface area contributed by atoms with Crippen molar-refractivity contribution in [3.8, 4) is 0 Å². The molecule has 5 heteroatoms. The molecule has 1 aliphatic rings. The van der Waals surface area contributed by atoms with Crippen molar-refractivity contribution in [3.05, 3.63) is 56.8 Å². The van der Waals surface area contributed by atoms with Gasteiger partial charge in [-0.25, -0.2) is 0 Å². The van der Waals surface area contributed by atoms with Gasteiger partial charge < -0.3 is 10.2 Å². The molecular formula is C18H20N2O2S. The smallest absolute Gasteiger partial charge is 0.261 e. The molecule has 2 amide bonds. The first-order valence-corrected chi connectivity index (χ1v) is 8.56. The molecule has 120 valence electrons. The summed E-state index contributed by atoms with van der Waals surface area (Å²) < 4.78 is 0. The maximum absolute atomic E-state index is 12.4. The van der Waals surface area contributed by atoms with Gasteiger partial charge in [-0.15, -0.1) is 11.3 Å². The summed E-state index contributed by atoms with van der Waals surface area (Å²) in [6, 6.07) is 9.98. The molecule has 1 aromatic carbocycles. The van der Waals surface area contributed by atoms with Gasteiger partial charge >= 0.3 is 0 Å². The second-order valence-corrected chi connectivity index (χ2v) is 7.00. The summed E-state index contributed by atoms with van der Waals surface area (Å²) in [5.74, 6) is 0.0504. The lowest BCUT2D eigenvalue weighted by atomic mass is 10.1. The highest BCUT2D eigenvalue weighted by Gasteiger charge is 2.22. The van der Waals surface area contributed by atoms with Crippen molar-refractivity contribution in [1.82, 2.24) is 10.2 Å². The maximum atomic E-state index is 12.4. The number of fused-ring (bicyclic) bond motifs is 1. The minimum absolute atomic E-state index is 0.0398. The third kappa shape index (κ3) is 3.45. The van der Waals surface area contributed by atoms with Crippen LogP contribution in [0.1, 0.15) is 38.2 Å². The van der Waals surface area contributed by atoms with Crippen LogP contribution in [-0.2, 0) is 24.3 Å². The maximum Gasteiger partial charge on any atom is 0.261 e. The van der Waals surface area contributed by atoms with Gasteiger partial charge in [-0.2, -0.15) is 0 Å². The summed E-state index contributed by atoms with van der Waals surface area (Å²) in [7, 11) is 0. The minimum atomic E-state index is -0.0398. The van der Waals surface area contributed by atoms with Crippen LogP contribution >= 0.6 is 11.3 Å². The van der Waals surface area contributed by atoms with Crippen LogP contribution in [0, 0.1) is 6.92 Å². The molecule has 0 saturated carbocycles. The first-order chi connectivity index (χ1) is 11.0. The topological polar surface area (TPSA) is 49.4 Å². The van der Waals surface area contributed by atoms with Gasteiger partial charge in [-0.3, -0.25) is 9.59 Å². The SMILES string of the molecule is CC(=O)N1CCc2sc(C(=O)NCc3ccccc3C)cc2C1. The van der Waals surface area contributed by atoms with Crippen molar-refractivity contribution in [2.45, 2.75) is 33.4 Å². The molecule has 2 aromatic rings. The van der Waals surface area contributed by atoms with Gasteiger partial charge in [-0.05, 0) is 36.1 Å². The summed E-state index contributed by atoms with van der Waals surface area (Å²) in [6.07, 6.45) is 0.838. The molecular weight excluding hydrogens is 308 g/mol. The lowest BCUT2D eigenvalue weighted by molar-refractivity contribution is -0.129. The lowest BCUT2D eigenvalue weighted by Crippen LogP contribution is -2.33. The van der Waals surface area contributed by atoms with Gasteiger partial charge in [0.05, 0.1) is 4.88 Å². The fourth-order valence-electron chi connectivity index (χ4n) is 2.78. The highest BCUT2D eigenvalue weighted by Crippen LogP contribution is 2.28. The van der Waals surface area contributed by atoms with E-state index in [1.54, 1.807) is 18.3 Å². The molecule has 0 spiro atoms. The summed E-state index contributed by atoms with van der Waals surface area (Å²) >= 11 is 1.55. The minimum Gasteiger partial charge on any atom is -0.347 e. The Balaban J connectivity index is 1.67. The fourth-order valence-corrected chi connectivity index (χ4v) is 3.86. The van der Waals surface area contributed by atoms with Crippen LogP contribution in [0.5, 0.6) is 0 Å². The Morgan fingerprint density at radius 1 is 1.30 bits per heavy atom. The van der Waals surface area contributed by atoms with Crippen LogP contribution < -0.4 is 5.32 Å². The Hall–Kier alpha value is -2.14. The van der Waals surface area contributed by atoms with Crippen molar-refractivity contribution in [2.75, 3.05) is 6.54 Å². The second kappa shape index (κ2) is 6.54. The molecule has 1 aliphatic heterocycles. The number of amides is 2. The molecule has 0 radical (unpaired) electrons. The van der Waals surface area contributed by atoms with Crippen LogP contribution in [0.15, 0.2) is 30.3 Å². The quantitative estimate of drug-likeness (QED) is 0.942. The van der Waals surface area contributed by atoms with E-state index in [4.69, 9.17) is 0 Å². The number of hydrogen-bond donors (Lipinski definition) is 1. The van der Waals surface area contributed by atoms with Crippen LogP contribution in [0.3, 0.4) is 0 Å². The second-order valence-electron chi connectivity index (χ2n) is 5.86. The Morgan fingerprint density at radius 3 is 2.83 bits per heavy atom. The van der Waals surface area contributed by atoms with Gasteiger partial charge in [0.1, 0.15) is 0 Å². The highest BCUT2D eigenvalue weighted by molar-refractivity contribution is 7.14. The number of carbonyl (C=O) groups is 2. The summed E-state index contributed by atoms with van der Waals surface area (Å²) in [4.78, 5) is 27.7. The van der Waals surface area contributed by atoms with E-state index < -0.39 is 0 Å². The summed E-state index contributed by atoms with van der Waals surface area (Å²) in [6.45, 7) is 5.53. The number of benzene rings is 1. The van der Waals surface area contributed by atoms with Gasteiger partial charge in [0.2, 0.25) is 5.91 Å². The van der Waals surface area contributed by atoms with Crippen molar-refractivity contribution in [1.29, 1.82) is 0 Å². The highest BCUT2D eigenvalue weighted by atomic mass is 32.1. The molecule has 0 saturated heterocycles. The molecule has 0 unspecified atom stereocenters. The van der Waals surface area contributed by atoms with E-state index in [1.807, 2.05) is 42.2 Å². The molecule has 3 rings (SSSR count). The Bertz CT molecular complexity index is 751. The van der Waals surface area contributed by atoms with Crippen LogP contribution in [0.25, 0.3) is 0 Å². The van der Waals surface area contributed by atoms with E-state index in [0.717, 1.165) is 29.0 Å². The Labute approximate surface area is 140 Å². The van der Waals surface area contributed by atoms with E-state index in [2.05, 4.69) is 5.32 Å². The Morgan fingerprint density at radius 2 is 2.09 bits per heavy atom. The largest absolute Gasteiger partial charge is 0.347 e. The number of rotatable bonds is 3. The fraction of sp³-hybridized carbons (Fsp3) is 0.333. The standard InChI is InChI=1S/C18H20N2O2S/c1-12-5-3-4-6-14(12)10-19-18(22)17-9-15-11-20(13(2)21)8-7-16(15)23-17/h3-6,9H,7-8,10-11H2,1-2H3,(H,19,22). The van der Waals surface area contributed by atoms with Crippen LogP contribution in [-0.4, -0.2) is 23.3 Å². The molecule has 2 heterocycles. The summed E-state index contributed by atoms with van der Waals surface area (Å²) in [5.41, 5.74) is 3.41. The predicted molar refractivity (Wildman–Crippen MR) is 91.5 cm³/mol. The number of aryl methyl sites for hydroxylation is 1. The van der Waals surface area contributed by atoms with E-state index in [9.17, 15) is 9.59 Å².